The zero-order valence-corrected chi connectivity index (χ0v) is 7.90. The third-order valence-corrected chi connectivity index (χ3v) is 3.32. The summed E-state index contributed by atoms with van der Waals surface area (Å²) in [6, 6.07) is 4.67. The Morgan fingerprint density at radius 3 is 2.77 bits per heavy atom. The van der Waals surface area contributed by atoms with Gasteiger partial charge in [-0.05, 0) is 48.8 Å². The van der Waals surface area contributed by atoms with Gasteiger partial charge in [-0.1, -0.05) is 12.1 Å². The molecule has 0 aromatic heterocycles. The third-order valence-electron chi connectivity index (χ3n) is 3.32. The second-order valence-electron chi connectivity index (χ2n) is 4.12. The molecule has 0 spiro atoms. The fourth-order valence-corrected chi connectivity index (χ4v) is 2.63. The second kappa shape index (κ2) is 2.76. The molecule has 0 radical (unpaired) electrons. The predicted molar refractivity (Wildman–Crippen MR) is 55.3 cm³/mol. The van der Waals surface area contributed by atoms with E-state index in [1.807, 2.05) is 0 Å². The highest BCUT2D eigenvalue weighted by molar-refractivity contribution is 5.64. The molecule has 3 rings (SSSR count). The van der Waals surface area contributed by atoms with Crippen LogP contribution in [0.4, 0.5) is 5.69 Å². The van der Waals surface area contributed by atoms with Gasteiger partial charge in [0.15, 0.2) is 0 Å². The van der Waals surface area contributed by atoms with E-state index in [1.165, 1.54) is 37.8 Å². The summed E-state index contributed by atoms with van der Waals surface area (Å²) in [5.41, 5.74) is 6.25. The van der Waals surface area contributed by atoms with Gasteiger partial charge in [-0.15, -0.1) is 0 Å². The van der Waals surface area contributed by atoms with Crippen molar-refractivity contribution in [2.45, 2.75) is 32.1 Å². The Kier molecular flexibility index (Phi) is 1.58. The van der Waals surface area contributed by atoms with Gasteiger partial charge >= 0.3 is 0 Å². The molecule has 1 aliphatic carbocycles. The van der Waals surface area contributed by atoms with Gasteiger partial charge in [0.2, 0.25) is 0 Å². The van der Waals surface area contributed by atoms with Crippen LogP contribution in [0.15, 0.2) is 12.1 Å². The normalized spacial score (nSPS) is 19.1. The highest BCUT2D eigenvalue weighted by Crippen LogP contribution is 2.33. The zero-order valence-electron chi connectivity index (χ0n) is 7.90. The van der Waals surface area contributed by atoms with Crippen molar-refractivity contribution in [1.82, 2.24) is 0 Å². The number of fused-ring (bicyclic) bond motifs is 3. The van der Waals surface area contributed by atoms with Crippen molar-refractivity contribution < 1.29 is 0 Å². The largest absolute Gasteiger partial charge is 0.384 e. The Morgan fingerprint density at radius 2 is 1.77 bits per heavy atom. The first-order valence-electron chi connectivity index (χ1n) is 5.32. The minimum atomic E-state index is 1.14. The lowest BCUT2D eigenvalue weighted by Crippen LogP contribution is -2.05. The molecule has 0 unspecified atom stereocenters. The summed E-state index contributed by atoms with van der Waals surface area (Å²) in [6.45, 7) is 1.14. The maximum Gasteiger partial charge on any atom is 0.0408 e. The minimum Gasteiger partial charge on any atom is -0.384 e. The molecule has 68 valence electrons. The number of benzene rings is 1. The molecule has 1 nitrogen and oxygen atoms in total. The van der Waals surface area contributed by atoms with Crippen LogP contribution in [-0.2, 0) is 19.3 Å². The molecule has 13 heavy (non-hydrogen) atoms. The molecule has 2 aliphatic rings. The molecule has 1 N–H and O–H groups in total. The average Bonchev–Trinajstić information content (AvgIpc) is 2.65. The Labute approximate surface area is 79.2 Å². The van der Waals surface area contributed by atoms with E-state index < -0.39 is 0 Å². The van der Waals surface area contributed by atoms with Crippen LogP contribution in [0.25, 0.3) is 0 Å². The first-order chi connectivity index (χ1) is 6.45. The van der Waals surface area contributed by atoms with E-state index in [-0.39, 0.29) is 0 Å². The lowest BCUT2D eigenvalue weighted by Gasteiger charge is -2.18. The highest BCUT2D eigenvalue weighted by Gasteiger charge is 2.18. The van der Waals surface area contributed by atoms with Crippen LogP contribution < -0.4 is 5.32 Å². The van der Waals surface area contributed by atoms with Crippen molar-refractivity contribution in [3.8, 4) is 0 Å². The van der Waals surface area contributed by atoms with Crippen molar-refractivity contribution in [1.29, 1.82) is 0 Å². The number of aryl methyl sites for hydroxylation is 1. The molecular weight excluding hydrogens is 158 g/mol. The lowest BCUT2D eigenvalue weighted by molar-refractivity contribution is 0.687. The van der Waals surface area contributed by atoms with Gasteiger partial charge in [0.1, 0.15) is 0 Å². The van der Waals surface area contributed by atoms with Crippen molar-refractivity contribution in [3.05, 3.63) is 28.8 Å². The third kappa shape index (κ3) is 1.06. The molecule has 0 bridgehead atoms. The fourth-order valence-electron chi connectivity index (χ4n) is 2.63. The topological polar surface area (TPSA) is 12.0 Å². The van der Waals surface area contributed by atoms with E-state index in [1.54, 1.807) is 16.7 Å². The van der Waals surface area contributed by atoms with Crippen LogP contribution in [0.1, 0.15) is 29.5 Å². The minimum absolute atomic E-state index is 1.14. The van der Waals surface area contributed by atoms with Gasteiger partial charge in [-0.2, -0.15) is 0 Å². The van der Waals surface area contributed by atoms with Gasteiger partial charge in [-0.3, -0.25) is 0 Å². The van der Waals surface area contributed by atoms with Crippen molar-refractivity contribution in [2.75, 3.05) is 11.9 Å². The lowest BCUT2D eigenvalue weighted by atomic mass is 9.89. The quantitative estimate of drug-likeness (QED) is 0.635. The van der Waals surface area contributed by atoms with Crippen molar-refractivity contribution >= 4 is 5.69 Å². The highest BCUT2D eigenvalue weighted by atomic mass is 14.9. The van der Waals surface area contributed by atoms with Crippen molar-refractivity contribution in [3.63, 3.8) is 0 Å². The number of rotatable bonds is 0. The maximum atomic E-state index is 3.53. The molecule has 0 fully saturated rings. The van der Waals surface area contributed by atoms with Gasteiger partial charge in [-0.25, -0.2) is 0 Å². The standard InChI is InChI=1S/C12H15N/c1-2-4-11-9(3-1)5-6-10-7-8-13-12(10)11/h5-6,13H,1-4,7-8H2. The molecule has 1 heterocycles. The second-order valence-corrected chi connectivity index (χ2v) is 4.12. The van der Waals surface area contributed by atoms with E-state index in [0.717, 1.165) is 6.54 Å². The van der Waals surface area contributed by atoms with E-state index in [0.29, 0.717) is 0 Å². The van der Waals surface area contributed by atoms with Crippen LogP contribution in [0.5, 0.6) is 0 Å². The van der Waals surface area contributed by atoms with Crippen LogP contribution >= 0.6 is 0 Å². The molecular formula is C12H15N. The summed E-state index contributed by atoms with van der Waals surface area (Å²) in [5, 5.41) is 3.53. The molecule has 0 saturated carbocycles. The van der Waals surface area contributed by atoms with Gasteiger partial charge in [0.25, 0.3) is 0 Å². The predicted octanol–water partition coefficient (Wildman–Crippen LogP) is 2.53. The van der Waals surface area contributed by atoms with Crippen LogP contribution in [0.3, 0.4) is 0 Å². The molecule has 1 aromatic carbocycles. The van der Waals surface area contributed by atoms with Gasteiger partial charge < -0.3 is 5.32 Å². The Balaban J connectivity index is 2.17. The number of hydrogen-bond acceptors (Lipinski definition) is 1. The molecule has 0 atom stereocenters. The summed E-state index contributed by atoms with van der Waals surface area (Å²) in [4.78, 5) is 0. The molecule has 1 aromatic rings. The summed E-state index contributed by atoms with van der Waals surface area (Å²) < 4.78 is 0. The van der Waals surface area contributed by atoms with Gasteiger partial charge in [0.05, 0.1) is 0 Å². The van der Waals surface area contributed by atoms with Crippen molar-refractivity contribution in [2.24, 2.45) is 0 Å². The van der Waals surface area contributed by atoms with Gasteiger partial charge in [0, 0.05) is 12.2 Å². The number of nitrogens with one attached hydrogen (secondary N) is 1. The van der Waals surface area contributed by atoms with Crippen LogP contribution in [0, 0.1) is 0 Å². The molecule has 1 heteroatoms. The van der Waals surface area contributed by atoms with E-state index in [2.05, 4.69) is 17.4 Å². The molecule has 1 aliphatic heterocycles. The smallest absolute Gasteiger partial charge is 0.0408 e. The Morgan fingerprint density at radius 1 is 0.923 bits per heavy atom. The number of hydrogen-bond donors (Lipinski definition) is 1. The molecule has 0 amide bonds. The van der Waals surface area contributed by atoms with Crippen LogP contribution in [-0.4, -0.2) is 6.54 Å². The Bertz CT molecular complexity index is 341. The zero-order chi connectivity index (χ0) is 8.67. The van der Waals surface area contributed by atoms with E-state index in [9.17, 15) is 0 Å². The summed E-state index contributed by atoms with van der Waals surface area (Å²) in [6.07, 6.45) is 6.58. The summed E-state index contributed by atoms with van der Waals surface area (Å²) in [7, 11) is 0. The van der Waals surface area contributed by atoms with Crippen LogP contribution in [0.2, 0.25) is 0 Å². The van der Waals surface area contributed by atoms with E-state index >= 15 is 0 Å². The monoisotopic (exact) mass is 173 g/mol. The SMILES string of the molecule is c1cc2c(c3c1CCCC3)NCC2. The first kappa shape index (κ1) is 7.43. The summed E-state index contributed by atoms with van der Waals surface area (Å²) >= 11 is 0. The number of anilines is 1. The summed E-state index contributed by atoms with van der Waals surface area (Å²) in [5.74, 6) is 0. The Hall–Kier alpha value is -0.980. The first-order valence-corrected chi connectivity index (χ1v) is 5.32. The van der Waals surface area contributed by atoms with E-state index in [4.69, 9.17) is 0 Å². The maximum absolute atomic E-state index is 3.53. The molecule has 0 saturated heterocycles. The fraction of sp³-hybridized carbons (Fsp3) is 0.500. The average molecular weight is 173 g/mol.